The lowest BCUT2D eigenvalue weighted by Gasteiger charge is -2.16. The highest BCUT2D eigenvalue weighted by atomic mass is 35.5. The number of allylic oxidation sites excluding steroid dienone is 5. The second kappa shape index (κ2) is 3.82. The van der Waals surface area contributed by atoms with Crippen LogP contribution in [-0.2, 0) is 0 Å². The van der Waals surface area contributed by atoms with Gasteiger partial charge in [0, 0.05) is 6.20 Å². The third-order valence-electron chi connectivity index (χ3n) is 2.35. The summed E-state index contributed by atoms with van der Waals surface area (Å²) in [5, 5.41) is 7.85. The van der Waals surface area contributed by atoms with E-state index < -0.39 is 0 Å². The van der Waals surface area contributed by atoms with Crippen LogP contribution in [0.15, 0.2) is 47.4 Å². The average Bonchev–Trinajstić information content (AvgIpc) is 2.61. The number of hydrogen-bond donors (Lipinski definition) is 0. The van der Waals surface area contributed by atoms with Gasteiger partial charge in [-0.2, -0.15) is 0 Å². The third-order valence-corrected chi connectivity index (χ3v) is 2.35. The van der Waals surface area contributed by atoms with Crippen LogP contribution in [0.3, 0.4) is 0 Å². The van der Waals surface area contributed by atoms with Crippen molar-refractivity contribution in [3.8, 4) is 0 Å². The van der Waals surface area contributed by atoms with E-state index in [2.05, 4.69) is 27.3 Å². The van der Waals surface area contributed by atoms with E-state index in [4.69, 9.17) is 0 Å². The molecule has 5 heteroatoms. The molecule has 0 saturated heterocycles. The maximum atomic E-state index is 4.17. The molecule has 1 aliphatic heterocycles. The molecule has 4 nitrogen and oxygen atoms in total. The molecule has 1 unspecified atom stereocenters. The summed E-state index contributed by atoms with van der Waals surface area (Å²) in [7, 11) is 0. The summed E-state index contributed by atoms with van der Waals surface area (Å²) in [4.78, 5) is 4.17. The fourth-order valence-corrected chi connectivity index (χ4v) is 1.67. The molecule has 0 N–H and O–H groups in total. The van der Waals surface area contributed by atoms with Crippen molar-refractivity contribution in [1.29, 1.82) is 0 Å². The number of halogens is 1. The van der Waals surface area contributed by atoms with Crippen LogP contribution in [0.5, 0.6) is 0 Å². The van der Waals surface area contributed by atoms with Crippen LogP contribution >= 0.6 is 12.4 Å². The van der Waals surface area contributed by atoms with Crippen LogP contribution in [0.25, 0.3) is 0 Å². The van der Waals surface area contributed by atoms with Gasteiger partial charge in [-0.15, -0.1) is 22.6 Å². The van der Waals surface area contributed by atoms with Crippen molar-refractivity contribution >= 4 is 18.6 Å². The molecule has 0 radical (unpaired) electrons. The topological polar surface area (TPSA) is 43.1 Å². The Balaban J connectivity index is 0.000000853. The molecule has 2 heterocycles. The highest BCUT2D eigenvalue weighted by Gasteiger charge is 2.17. The van der Waals surface area contributed by atoms with Crippen molar-refractivity contribution in [3.63, 3.8) is 0 Å². The predicted octanol–water partition coefficient (Wildman–Crippen LogP) is 1.68. The fraction of sp³-hybridized carbons (Fsp3) is 0.100. The van der Waals surface area contributed by atoms with Crippen molar-refractivity contribution in [2.24, 2.45) is 4.99 Å². The van der Waals surface area contributed by atoms with Crippen LogP contribution in [0.1, 0.15) is 11.9 Å². The van der Waals surface area contributed by atoms with E-state index in [1.54, 1.807) is 12.5 Å². The second-order valence-corrected chi connectivity index (χ2v) is 3.19. The van der Waals surface area contributed by atoms with Crippen molar-refractivity contribution < 1.29 is 0 Å². The molecule has 1 aromatic rings. The molecule has 3 rings (SSSR count). The van der Waals surface area contributed by atoms with Gasteiger partial charge >= 0.3 is 0 Å². The van der Waals surface area contributed by atoms with Crippen LogP contribution in [0, 0.1) is 0 Å². The van der Waals surface area contributed by atoms with E-state index in [9.17, 15) is 0 Å². The Morgan fingerprint density at radius 1 is 1.27 bits per heavy atom. The fourth-order valence-electron chi connectivity index (χ4n) is 1.67. The standard InChI is InChI=1S/C10H8N4.ClH/c1-2-4-9-8(3-1)5-11-6-10-13-12-7-14(9)10;/h1-7,9H;1H. The van der Waals surface area contributed by atoms with Gasteiger partial charge in [0.1, 0.15) is 6.33 Å². The van der Waals surface area contributed by atoms with Crippen LogP contribution in [-0.4, -0.2) is 21.0 Å². The molecule has 2 aliphatic rings. The Morgan fingerprint density at radius 3 is 3.13 bits per heavy atom. The maximum Gasteiger partial charge on any atom is 0.175 e. The van der Waals surface area contributed by atoms with Gasteiger partial charge in [-0.05, 0) is 5.57 Å². The van der Waals surface area contributed by atoms with E-state index in [1.165, 1.54) is 0 Å². The van der Waals surface area contributed by atoms with Gasteiger partial charge in [0.15, 0.2) is 5.82 Å². The van der Waals surface area contributed by atoms with E-state index >= 15 is 0 Å². The normalized spacial score (nSPS) is 21.1. The van der Waals surface area contributed by atoms with Gasteiger partial charge in [0.2, 0.25) is 0 Å². The number of aromatic nitrogens is 3. The summed E-state index contributed by atoms with van der Waals surface area (Å²) >= 11 is 0. The highest BCUT2D eigenvalue weighted by molar-refractivity contribution is 5.85. The third kappa shape index (κ3) is 1.53. The van der Waals surface area contributed by atoms with Crippen molar-refractivity contribution in [3.05, 3.63) is 48.2 Å². The Morgan fingerprint density at radius 2 is 2.20 bits per heavy atom. The summed E-state index contributed by atoms with van der Waals surface area (Å²) in [6, 6.07) is 0.187. The zero-order valence-corrected chi connectivity index (χ0v) is 8.63. The smallest absolute Gasteiger partial charge is 0.175 e. The second-order valence-electron chi connectivity index (χ2n) is 3.19. The molecule has 0 aromatic carbocycles. The molecular formula is C10H9ClN4. The number of rotatable bonds is 0. The van der Waals surface area contributed by atoms with Gasteiger partial charge < -0.3 is 4.57 Å². The zero-order chi connectivity index (χ0) is 9.38. The van der Waals surface area contributed by atoms with Crippen molar-refractivity contribution in [2.75, 3.05) is 0 Å². The highest BCUT2D eigenvalue weighted by Crippen LogP contribution is 2.25. The molecule has 0 bridgehead atoms. The van der Waals surface area contributed by atoms with Gasteiger partial charge in [-0.25, -0.2) is 0 Å². The van der Waals surface area contributed by atoms with Gasteiger partial charge in [-0.1, -0.05) is 24.3 Å². The van der Waals surface area contributed by atoms with Crippen molar-refractivity contribution in [2.45, 2.75) is 6.04 Å². The lowest BCUT2D eigenvalue weighted by Crippen LogP contribution is -2.10. The quantitative estimate of drug-likeness (QED) is 0.668. The van der Waals surface area contributed by atoms with Crippen LogP contribution < -0.4 is 0 Å². The van der Waals surface area contributed by atoms with Crippen LogP contribution in [0.2, 0.25) is 0 Å². The van der Waals surface area contributed by atoms with Gasteiger partial charge in [0.25, 0.3) is 0 Å². The lowest BCUT2D eigenvalue weighted by molar-refractivity contribution is 0.689. The largest absolute Gasteiger partial charge is 0.302 e. The lowest BCUT2D eigenvalue weighted by atomic mass is 10.0. The Bertz CT molecular complexity index is 481. The molecule has 0 amide bonds. The minimum absolute atomic E-state index is 0. The monoisotopic (exact) mass is 220 g/mol. The first-order chi connectivity index (χ1) is 6.95. The first-order valence-corrected chi connectivity index (χ1v) is 4.43. The van der Waals surface area contributed by atoms with E-state index in [0.29, 0.717) is 0 Å². The molecule has 1 aromatic heterocycles. The molecule has 76 valence electrons. The van der Waals surface area contributed by atoms with E-state index in [-0.39, 0.29) is 18.4 Å². The Kier molecular flexibility index (Phi) is 2.51. The average molecular weight is 221 g/mol. The number of nitrogens with zero attached hydrogens (tertiary/aromatic N) is 4. The minimum Gasteiger partial charge on any atom is -0.302 e. The predicted molar refractivity (Wildman–Crippen MR) is 60.3 cm³/mol. The summed E-state index contributed by atoms with van der Waals surface area (Å²) in [5.74, 6) is 0.793. The summed E-state index contributed by atoms with van der Waals surface area (Å²) in [6.07, 6.45) is 13.5. The Hall–Kier alpha value is -1.68. The maximum absolute atomic E-state index is 4.17. The van der Waals surface area contributed by atoms with Gasteiger partial charge in [0.05, 0.1) is 12.3 Å². The molecule has 0 saturated carbocycles. The van der Waals surface area contributed by atoms with E-state index in [1.807, 2.05) is 22.9 Å². The summed E-state index contributed by atoms with van der Waals surface area (Å²) in [5.41, 5.74) is 1.15. The molecule has 0 spiro atoms. The zero-order valence-electron chi connectivity index (χ0n) is 7.82. The number of hydrogen-bond acceptors (Lipinski definition) is 3. The Labute approximate surface area is 93.1 Å². The molecule has 1 atom stereocenters. The van der Waals surface area contributed by atoms with Crippen LogP contribution in [0.4, 0.5) is 0 Å². The van der Waals surface area contributed by atoms with Crippen molar-refractivity contribution in [1.82, 2.24) is 14.8 Å². The number of fused-ring (bicyclic) bond motifs is 3. The van der Waals surface area contributed by atoms with Gasteiger partial charge in [-0.3, -0.25) is 4.99 Å². The SMILES string of the molecule is C1=CC2=CN=Cc3nncn3C2C=C1.Cl. The molecular weight excluding hydrogens is 212 g/mol. The first-order valence-electron chi connectivity index (χ1n) is 4.43. The first kappa shape index (κ1) is 9.86. The minimum atomic E-state index is 0. The number of aliphatic imine (C=N–C) groups is 1. The summed E-state index contributed by atoms with van der Waals surface area (Å²) < 4.78 is 2.00. The van der Waals surface area contributed by atoms with E-state index in [0.717, 1.165) is 11.4 Å². The molecule has 0 fully saturated rings. The molecule has 1 aliphatic carbocycles. The molecule has 15 heavy (non-hydrogen) atoms. The summed E-state index contributed by atoms with van der Waals surface area (Å²) in [6.45, 7) is 0.